The van der Waals surface area contributed by atoms with E-state index in [0.717, 1.165) is 0 Å². The van der Waals surface area contributed by atoms with Crippen molar-refractivity contribution in [2.45, 2.75) is 26.4 Å². The standard InChI is InChI=1S/C7H6F6O3/c1-5(2,3(14)6(8,9)10)4(15)16-7(11,12)13/h1-2H3. The normalized spacial score (nSPS) is 13.5. The van der Waals surface area contributed by atoms with Crippen LogP contribution in [0.25, 0.3) is 0 Å². The lowest BCUT2D eigenvalue weighted by molar-refractivity contribution is -0.309. The summed E-state index contributed by atoms with van der Waals surface area (Å²) in [6.07, 6.45) is -10.8. The van der Waals surface area contributed by atoms with Crippen molar-refractivity contribution < 1.29 is 40.7 Å². The van der Waals surface area contributed by atoms with Gasteiger partial charge in [-0.1, -0.05) is 0 Å². The summed E-state index contributed by atoms with van der Waals surface area (Å²) in [5.74, 6) is -4.91. The summed E-state index contributed by atoms with van der Waals surface area (Å²) in [6.45, 7) is 0.799. The van der Waals surface area contributed by atoms with Crippen LogP contribution in [0.4, 0.5) is 26.3 Å². The Balaban J connectivity index is 4.94. The zero-order valence-corrected chi connectivity index (χ0v) is 7.99. The van der Waals surface area contributed by atoms with Crippen LogP contribution in [0, 0.1) is 5.41 Å². The van der Waals surface area contributed by atoms with Crippen molar-refractivity contribution in [1.29, 1.82) is 0 Å². The average molecular weight is 252 g/mol. The maximum atomic E-state index is 11.9. The molecule has 0 unspecified atom stereocenters. The van der Waals surface area contributed by atoms with Crippen LogP contribution >= 0.6 is 0 Å². The number of carbonyl (C=O) groups is 2. The number of hydrogen-bond acceptors (Lipinski definition) is 3. The molecule has 0 aromatic heterocycles. The van der Waals surface area contributed by atoms with Crippen molar-refractivity contribution >= 4 is 11.8 Å². The van der Waals surface area contributed by atoms with Crippen molar-refractivity contribution in [2.24, 2.45) is 5.41 Å². The first-order chi connectivity index (χ1) is 6.78. The summed E-state index contributed by atoms with van der Waals surface area (Å²) in [6, 6.07) is 0. The third-order valence-electron chi connectivity index (χ3n) is 1.54. The molecule has 0 amide bonds. The number of Topliss-reactive ketones (excluding diaryl/α,β-unsaturated/α-hetero) is 1. The molecule has 0 aliphatic rings. The minimum absolute atomic E-state index is 0.400. The number of carbonyl (C=O) groups excluding carboxylic acids is 2. The van der Waals surface area contributed by atoms with Crippen LogP contribution in [0.2, 0.25) is 0 Å². The molecule has 0 radical (unpaired) electrons. The molecule has 0 bridgehead atoms. The van der Waals surface area contributed by atoms with E-state index >= 15 is 0 Å². The van der Waals surface area contributed by atoms with Gasteiger partial charge in [0, 0.05) is 0 Å². The van der Waals surface area contributed by atoms with Gasteiger partial charge < -0.3 is 4.74 Å². The van der Waals surface area contributed by atoms with E-state index in [1.54, 1.807) is 0 Å². The average Bonchev–Trinajstić information content (AvgIpc) is 1.97. The van der Waals surface area contributed by atoms with Gasteiger partial charge in [0.15, 0.2) is 0 Å². The molecule has 0 atom stereocenters. The van der Waals surface area contributed by atoms with E-state index in [4.69, 9.17) is 0 Å². The van der Waals surface area contributed by atoms with Crippen LogP contribution < -0.4 is 0 Å². The summed E-state index contributed by atoms with van der Waals surface area (Å²) >= 11 is 0. The van der Waals surface area contributed by atoms with Crippen LogP contribution in [0.15, 0.2) is 0 Å². The van der Waals surface area contributed by atoms with Gasteiger partial charge in [0.1, 0.15) is 5.41 Å². The summed E-state index contributed by atoms with van der Waals surface area (Å²) < 4.78 is 73.1. The molecule has 0 saturated heterocycles. The summed E-state index contributed by atoms with van der Waals surface area (Å²) in [4.78, 5) is 21.3. The number of ketones is 1. The van der Waals surface area contributed by atoms with Crippen LogP contribution in [0.3, 0.4) is 0 Å². The van der Waals surface area contributed by atoms with Crippen LogP contribution in [0.5, 0.6) is 0 Å². The van der Waals surface area contributed by atoms with E-state index in [0.29, 0.717) is 13.8 Å². The first-order valence-corrected chi connectivity index (χ1v) is 3.70. The van der Waals surface area contributed by atoms with Crippen molar-refractivity contribution in [3.05, 3.63) is 0 Å². The molecule has 9 heteroatoms. The Kier molecular flexibility index (Phi) is 3.63. The van der Waals surface area contributed by atoms with Crippen molar-refractivity contribution in [3.63, 3.8) is 0 Å². The molecule has 0 aromatic rings. The predicted octanol–water partition coefficient (Wildman–Crippen LogP) is 2.21. The summed E-state index contributed by atoms with van der Waals surface area (Å²) in [7, 11) is 0. The minimum Gasteiger partial charge on any atom is -0.372 e. The second-order valence-corrected chi connectivity index (χ2v) is 3.29. The Labute approximate surface area is 85.4 Å². The molecule has 0 rings (SSSR count). The predicted molar refractivity (Wildman–Crippen MR) is 37.0 cm³/mol. The maximum absolute atomic E-state index is 11.9. The lowest BCUT2D eigenvalue weighted by Crippen LogP contribution is -2.44. The Hall–Kier alpha value is -1.28. The Morgan fingerprint density at radius 1 is 0.938 bits per heavy atom. The molecule has 94 valence electrons. The van der Waals surface area contributed by atoms with Crippen LogP contribution in [-0.2, 0) is 14.3 Å². The fraction of sp³-hybridized carbons (Fsp3) is 0.714. The van der Waals surface area contributed by atoms with Gasteiger partial charge in [-0.3, -0.25) is 9.59 Å². The second kappa shape index (κ2) is 3.95. The first kappa shape index (κ1) is 14.7. The summed E-state index contributed by atoms with van der Waals surface area (Å²) in [5, 5.41) is 0. The molecule has 0 spiro atoms. The second-order valence-electron chi connectivity index (χ2n) is 3.29. The molecule has 3 nitrogen and oxygen atoms in total. The van der Waals surface area contributed by atoms with E-state index < -0.39 is 29.7 Å². The topological polar surface area (TPSA) is 43.4 Å². The number of halogens is 6. The third-order valence-corrected chi connectivity index (χ3v) is 1.54. The number of alkyl halides is 6. The molecular formula is C7H6F6O3. The van der Waals surface area contributed by atoms with E-state index in [1.807, 2.05) is 0 Å². The SMILES string of the molecule is CC(C)(C(=O)OC(F)(F)F)C(=O)C(F)(F)F. The highest BCUT2D eigenvalue weighted by Gasteiger charge is 2.54. The molecule has 16 heavy (non-hydrogen) atoms. The van der Waals surface area contributed by atoms with Gasteiger partial charge in [-0.2, -0.15) is 13.2 Å². The van der Waals surface area contributed by atoms with Gasteiger partial charge >= 0.3 is 18.5 Å². The molecule has 0 aliphatic carbocycles. The number of esters is 1. The Morgan fingerprint density at radius 3 is 1.56 bits per heavy atom. The highest BCUT2D eigenvalue weighted by Crippen LogP contribution is 2.32. The van der Waals surface area contributed by atoms with Gasteiger partial charge in [0.2, 0.25) is 0 Å². The lowest BCUT2D eigenvalue weighted by atomic mass is 9.88. The quantitative estimate of drug-likeness (QED) is 0.430. The van der Waals surface area contributed by atoms with Gasteiger partial charge in [0.05, 0.1) is 0 Å². The molecule has 0 aromatic carbocycles. The zero-order valence-electron chi connectivity index (χ0n) is 7.99. The molecule has 0 fully saturated rings. The molecule has 0 aliphatic heterocycles. The number of hydrogen-bond donors (Lipinski definition) is 0. The van der Waals surface area contributed by atoms with E-state index in [9.17, 15) is 35.9 Å². The number of ether oxygens (including phenoxy) is 1. The van der Waals surface area contributed by atoms with Crippen molar-refractivity contribution in [2.75, 3.05) is 0 Å². The first-order valence-electron chi connectivity index (χ1n) is 3.70. The fourth-order valence-corrected chi connectivity index (χ4v) is 0.680. The lowest BCUT2D eigenvalue weighted by Gasteiger charge is -2.22. The van der Waals surface area contributed by atoms with Gasteiger partial charge in [-0.25, -0.2) is 0 Å². The van der Waals surface area contributed by atoms with Crippen molar-refractivity contribution in [1.82, 2.24) is 0 Å². The third kappa shape index (κ3) is 3.70. The zero-order chi connectivity index (χ0) is 13.4. The molecule has 0 N–H and O–H groups in total. The van der Waals surface area contributed by atoms with E-state index in [2.05, 4.69) is 4.74 Å². The molecule has 0 saturated carbocycles. The number of rotatable bonds is 2. The fourth-order valence-electron chi connectivity index (χ4n) is 0.680. The van der Waals surface area contributed by atoms with E-state index in [-0.39, 0.29) is 0 Å². The smallest absolute Gasteiger partial charge is 0.372 e. The van der Waals surface area contributed by atoms with Crippen LogP contribution in [0.1, 0.15) is 13.8 Å². The van der Waals surface area contributed by atoms with Crippen LogP contribution in [-0.4, -0.2) is 24.3 Å². The summed E-state index contributed by atoms with van der Waals surface area (Å²) in [5.41, 5.74) is -2.94. The Morgan fingerprint density at radius 2 is 1.31 bits per heavy atom. The monoisotopic (exact) mass is 252 g/mol. The van der Waals surface area contributed by atoms with E-state index in [1.165, 1.54) is 0 Å². The van der Waals surface area contributed by atoms with Gasteiger partial charge in [0.25, 0.3) is 5.78 Å². The van der Waals surface area contributed by atoms with Gasteiger partial charge in [-0.05, 0) is 13.8 Å². The highest BCUT2D eigenvalue weighted by atomic mass is 19.4. The Bertz CT molecular complexity index is 300. The highest BCUT2D eigenvalue weighted by molar-refractivity contribution is 6.05. The maximum Gasteiger partial charge on any atom is 0.575 e. The van der Waals surface area contributed by atoms with Crippen molar-refractivity contribution in [3.8, 4) is 0 Å². The molecule has 0 heterocycles. The molecular weight excluding hydrogens is 246 g/mol. The largest absolute Gasteiger partial charge is 0.575 e. The minimum atomic E-state index is -5.43. The van der Waals surface area contributed by atoms with Gasteiger partial charge in [-0.15, -0.1) is 13.2 Å².